The van der Waals surface area contributed by atoms with Gasteiger partial charge in [0.25, 0.3) is 0 Å². The molecule has 0 saturated carbocycles. The first kappa shape index (κ1) is 10.2. The third-order valence-corrected chi connectivity index (χ3v) is 3.27. The lowest BCUT2D eigenvalue weighted by atomic mass is 10.3. The fourth-order valence-electron chi connectivity index (χ4n) is 1.62. The average Bonchev–Trinajstić information content (AvgIpc) is 2.64. The van der Waals surface area contributed by atoms with E-state index in [9.17, 15) is 0 Å². The van der Waals surface area contributed by atoms with Gasteiger partial charge in [0.05, 0.1) is 5.69 Å². The van der Waals surface area contributed by atoms with Crippen LogP contribution in [0.1, 0.15) is 30.0 Å². The summed E-state index contributed by atoms with van der Waals surface area (Å²) in [6.07, 6.45) is 0.150. The first-order valence-electron chi connectivity index (χ1n) is 4.49. The topological polar surface area (TPSA) is 42.7 Å². The molecule has 1 atom stereocenters. The van der Waals surface area contributed by atoms with Gasteiger partial charge in [-0.1, -0.05) is 7.43 Å². The number of aromatic nitrogens is 3. The first-order valence-corrected chi connectivity index (χ1v) is 5.37. The van der Waals surface area contributed by atoms with E-state index in [1.807, 2.05) is 24.6 Å². The molecule has 0 fully saturated rings. The molecule has 3 heterocycles. The summed E-state index contributed by atoms with van der Waals surface area (Å²) in [6, 6.07) is 2.04. The number of aryl methyl sites for hydroxylation is 2. The Morgan fingerprint density at radius 1 is 1.40 bits per heavy atom. The van der Waals surface area contributed by atoms with Gasteiger partial charge in [-0.25, -0.2) is 9.67 Å². The summed E-state index contributed by atoms with van der Waals surface area (Å²) in [5.41, 5.74) is 2.12. The Bertz CT molecular complexity index is 485. The average molecular weight is 222 g/mol. The lowest BCUT2D eigenvalue weighted by Crippen LogP contribution is -2.31. The molecule has 4 nitrogen and oxygen atoms in total. The van der Waals surface area contributed by atoms with Crippen LogP contribution in [0.4, 0.5) is 5.82 Å². The summed E-state index contributed by atoms with van der Waals surface area (Å²) < 4.78 is 1.98. The number of hydrogen-bond donors (Lipinski definition) is 1. The molecule has 15 heavy (non-hydrogen) atoms. The molecule has 0 spiro atoms. The van der Waals surface area contributed by atoms with Crippen molar-refractivity contribution in [2.45, 2.75) is 27.4 Å². The van der Waals surface area contributed by atoms with Gasteiger partial charge < -0.3 is 5.32 Å². The Morgan fingerprint density at radius 3 is 2.80 bits per heavy atom. The van der Waals surface area contributed by atoms with E-state index in [-0.39, 0.29) is 13.6 Å². The second-order valence-corrected chi connectivity index (χ2v) is 4.38. The summed E-state index contributed by atoms with van der Waals surface area (Å²) in [4.78, 5) is 4.44. The van der Waals surface area contributed by atoms with E-state index in [4.69, 9.17) is 0 Å². The van der Waals surface area contributed by atoms with Gasteiger partial charge in [-0.05, 0) is 13.8 Å². The highest BCUT2D eigenvalue weighted by Gasteiger charge is 2.29. The summed E-state index contributed by atoms with van der Waals surface area (Å²) in [6.45, 7) is 4.01. The van der Waals surface area contributed by atoms with Crippen molar-refractivity contribution >= 4 is 17.2 Å². The molecule has 1 aliphatic heterocycles. The second kappa shape index (κ2) is 3.34. The lowest BCUT2D eigenvalue weighted by Gasteiger charge is -2.28. The van der Waals surface area contributed by atoms with Gasteiger partial charge in [0.1, 0.15) is 10.8 Å². The largest absolute Gasteiger partial charge is 0.343 e. The smallest absolute Gasteiger partial charge is 0.176 e. The van der Waals surface area contributed by atoms with Gasteiger partial charge in [0.2, 0.25) is 0 Å². The Hall–Kier alpha value is -1.36. The number of hydrogen-bond acceptors (Lipinski definition) is 4. The van der Waals surface area contributed by atoms with Crippen LogP contribution in [-0.2, 0) is 0 Å². The molecule has 1 aliphatic rings. The zero-order valence-corrected chi connectivity index (χ0v) is 8.80. The Balaban J connectivity index is 0.000000853. The van der Waals surface area contributed by atoms with Crippen LogP contribution in [-0.4, -0.2) is 14.8 Å². The number of anilines is 1. The number of fused-ring (bicyclic) bond motifs is 1. The lowest BCUT2D eigenvalue weighted by molar-refractivity contribution is 0.508. The predicted molar refractivity (Wildman–Crippen MR) is 62.3 cm³/mol. The molecule has 0 aromatic carbocycles. The van der Waals surface area contributed by atoms with Crippen molar-refractivity contribution in [2.24, 2.45) is 0 Å². The molecular weight excluding hydrogens is 208 g/mol. The minimum atomic E-state index is 0. The number of thiazole rings is 1. The predicted octanol–water partition coefficient (Wildman–Crippen LogP) is 2.56. The molecular formula is C10H14N4S. The molecule has 1 unspecified atom stereocenters. The quantitative estimate of drug-likeness (QED) is 0.806. The molecule has 0 saturated heterocycles. The van der Waals surface area contributed by atoms with E-state index in [2.05, 4.69) is 20.8 Å². The Morgan fingerprint density at radius 2 is 2.20 bits per heavy atom. The van der Waals surface area contributed by atoms with Crippen LogP contribution in [0.25, 0.3) is 0 Å². The van der Waals surface area contributed by atoms with Gasteiger partial charge in [-0.15, -0.1) is 11.3 Å². The Kier molecular flexibility index (Phi) is 2.26. The van der Waals surface area contributed by atoms with Crippen molar-refractivity contribution in [1.29, 1.82) is 0 Å². The molecule has 1 N–H and O–H groups in total. The molecule has 5 heteroatoms. The minimum absolute atomic E-state index is 0. The SMILES string of the molecule is C.Cc1csc(C2Nc3cc(C)nn32)n1. The van der Waals surface area contributed by atoms with Gasteiger partial charge in [-0.3, -0.25) is 0 Å². The van der Waals surface area contributed by atoms with Crippen LogP contribution in [0.15, 0.2) is 11.4 Å². The van der Waals surface area contributed by atoms with Gasteiger partial charge >= 0.3 is 0 Å². The maximum Gasteiger partial charge on any atom is 0.176 e. The first-order chi connectivity index (χ1) is 6.74. The highest BCUT2D eigenvalue weighted by atomic mass is 32.1. The van der Waals surface area contributed by atoms with Crippen LogP contribution in [0, 0.1) is 13.8 Å². The van der Waals surface area contributed by atoms with Crippen molar-refractivity contribution in [2.75, 3.05) is 5.32 Å². The Labute approximate surface area is 93.0 Å². The van der Waals surface area contributed by atoms with Crippen LogP contribution < -0.4 is 5.32 Å². The fourth-order valence-corrected chi connectivity index (χ4v) is 2.45. The van der Waals surface area contributed by atoms with Crippen molar-refractivity contribution < 1.29 is 0 Å². The highest BCUT2D eigenvalue weighted by molar-refractivity contribution is 7.09. The summed E-state index contributed by atoms with van der Waals surface area (Å²) in [5, 5.41) is 10.8. The fraction of sp³-hybridized carbons (Fsp3) is 0.400. The summed E-state index contributed by atoms with van der Waals surface area (Å²) in [5.74, 6) is 1.08. The molecule has 0 bridgehead atoms. The van der Waals surface area contributed by atoms with E-state index < -0.39 is 0 Å². The van der Waals surface area contributed by atoms with Crippen molar-refractivity contribution in [3.8, 4) is 0 Å². The zero-order chi connectivity index (χ0) is 9.71. The number of nitrogens with one attached hydrogen (secondary N) is 1. The monoisotopic (exact) mass is 222 g/mol. The highest BCUT2D eigenvalue weighted by Crippen LogP contribution is 2.34. The summed E-state index contributed by atoms with van der Waals surface area (Å²) >= 11 is 1.67. The number of rotatable bonds is 1. The maximum atomic E-state index is 4.44. The second-order valence-electron chi connectivity index (χ2n) is 3.49. The molecule has 2 aromatic heterocycles. The van der Waals surface area contributed by atoms with Gasteiger partial charge in [0, 0.05) is 17.1 Å². The van der Waals surface area contributed by atoms with E-state index in [1.54, 1.807) is 11.3 Å². The minimum Gasteiger partial charge on any atom is -0.343 e. The third kappa shape index (κ3) is 1.43. The zero-order valence-electron chi connectivity index (χ0n) is 7.98. The summed E-state index contributed by atoms with van der Waals surface area (Å²) in [7, 11) is 0. The van der Waals surface area contributed by atoms with E-state index >= 15 is 0 Å². The molecule has 80 valence electrons. The van der Waals surface area contributed by atoms with Gasteiger partial charge in [0.15, 0.2) is 6.17 Å². The normalized spacial score (nSPS) is 17.3. The molecule has 0 aliphatic carbocycles. The van der Waals surface area contributed by atoms with E-state index in [0.717, 1.165) is 22.2 Å². The van der Waals surface area contributed by atoms with E-state index in [1.165, 1.54) is 0 Å². The number of nitrogens with zero attached hydrogens (tertiary/aromatic N) is 3. The van der Waals surface area contributed by atoms with Crippen molar-refractivity contribution in [3.63, 3.8) is 0 Å². The van der Waals surface area contributed by atoms with Crippen LogP contribution in [0.3, 0.4) is 0 Å². The van der Waals surface area contributed by atoms with Crippen molar-refractivity contribution in [1.82, 2.24) is 14.8 Å². The third-order valence-electron chi connectivity index (χ3n) is 2.26. The van der Waals surface area contributed by atoms with Crippen LogP contribution >= 0.6 is 11.3 Å². The molecule has 2 aromatic rings. The molecule has 0 amide bonds. The van der Waals surface area contributed by atoms with Crippen LogP contribution in [0.2, 0.25) is 0 Å². The van der Waals surface area contributed by atoms with Crippen LogP contribution in [0.5, 0.6) is 0 Å². The van der Waals surface area contributed by atoms with E-state index in [0.29, 0.717) is 0 Å². The maximum absolute atomic E-state index is 4.44. The molecule has 3 rings (SSSR count). The van der Waals surface area contributed by atoms with Gasteiger partial charge in [-0.2, -0.15) is 5.10 Å². The van der Waals surface area contributed by atoms with Crippen molar-refractivity contribution in [3.05, 3.63) is 27.8 Å². The molecule has 0 radical (unpaired) electrons. The standard InChI is InChI=1S/C9H10N4S.CH4/c1-5-3-7-11-8(13(7)12-5)9-10-6(2)4-14-9;/h3-4,8,11H,1-2H3;1H4.